The molecule has 0 fully saturated rings. The van der Waals surface area contributed by atoms with Crippen LogP contribution in [0.4, 0.5) is 0 Å². The minimum absolute atomic E-state index is 0.560. The minimum Gasteiger partial charge on any atom is -0.176 e. The molecule has 0 saturated heterocycles. The molecular formula is C9H22S. The summed E-state index contributed by atoms with van der Waals surface area (Å²) in [6, 6.07) is 0. The van der Waals surface area contributed by atoms with Crippen molar-refractivity contribution in [1.82, 2.24) is 0 Å². The van der Waals surface area contributed by atoms with Gasteiger partial charge in [-0.1, -0.05) is 47.5 Å². The lowest BCUT2D eigenvalue weighted by Gasteiger charge is -2.09. The van der Waals surface area contributed by atoms with Gasteiger partial charge in [0.25, 0.3) is 0 Å². The summed E-state index contributed by atoms with van der Waals surface area (Å²) < 4.78 is 0. The van der Waals surface area contributed by atoms with Crippen LogP contribution in [0.3, 0.4) is 0 Å². The van der Waals surface area contributed by atoms with Crippen LogP contribution >= 0.6 is 12.6 Å². The summed E-state index contributed by atoms with van der Waals surface area (Å²) in [6.45, 7) is 10.8. The molecule has 1 heteroatoms. The quantitative estimate of drug-likeness (QED) is 0.587. The Hall–Kier alpha value is 0.350. The molecule has 0 aliphatic heterocycles. The fraction of sp³-hybridized carbons (Fsp3) is 1.00. The molecule has 10 heavy (non-hydrogen) atoms. The van der Waals surface area contributed by atoms with Crippen molar-refractivity contribution in [3.8, 4) is 0 Å². The highest BCUT2D eigenvalue weighted by Gasteiger charge is 2.02. The summed E-state index contributed by atoms with van der Waals surface area (Å²) in [4.78, 5) is 0. The van der Waals surface area contributed by atoms with Crippen LogP contribution in [0.5, 0.6) is 0 Å². The third-order valence-corrected chi connectivity index (χ3v) is 1.98. The highest BCUT2D eigenvalue weighted by atomic mass is 32.1. The van der Waals surface area contributed by atoms with E-state index in [9.17, 15) is 0 Å². The topological polar surface area (TPSA) is 0 Å². The Kier molecular flexibility index (Phi) is 12.1. The average molecular weight is 162 g/mol. The van der Waals surface area contributed by atoms with Gasteiger partial charge in [-0.2, -0.15) is 12.6 Å². The molecule has 0 aliphatic carbocycles. The Labute approximate surface area is 71.8 Å². The van der Waals surface area contributed by atoms with E-state index in [1.807, 2.05) is 0 Å². The Bertz CT molecular complexity index is 50.7. The number of hydrogen-bond acceptors (Lipinski definition) is 1. The third-order valence-electron chi connectivity index (χ3n) is 1.47. The van der Waals surface area contributed by atoms with Crippen LogP contribution in [-0.2, 0) is 0 Å². The van der Waals surface area contributed by atoms with E-state index in [4.69, 9.17) is 0 Å². The van der Waals surface area contributed by atoms with E-state index in [0.717, 1.165) is 5.92 Å². The van der Waals surface area contributed by atoms with Crippen molar-refractivity contribution in [3.63, 3.8) is 0 Å². The largest absolute Gasteiger partial charge is 0.176 e. The van der Waals surface area contributed by atoms with E-state index in [1.54, 1.807) is 0 Å². The molecule has 2 unspecified atom stereocenters. The predicted octanol–water partition coefficient (Wildman–Crippen LogP) is 3.77. The summed E-state index contributed by atoms with van der Waals surface area (Å²) in [6.07, 6.45) is 2.49. The molecule has 0 aromatic carbocycles. The molecule has 0 amide bonds. The molecule has 0 aromatic rings. The zero-order valence-corrected chi connectivity index (χ0v) is 8.91. The highest BCUT2D eigenvalue weighted by Crippen LogP contribution is 2.11. The van der Waals surface area contributed by atoms with Crippen molar-refractivity contribution in [3.05, 3.63) is 0 Å². The van der Waals surface area contributed by atoms with E-state index in [-0.39, 0.29) is 0 Å². The molecule has 2 atom stereocenters. The van der Waals surface area contributed by atoms with E-state index in [0.29, 0.717) is 5.25 Å². The summed E-state index contributed by atoms with van der Waals surface area (Å²) in [5, 5.41) is 0.560. The molecule has 0 radical (unpaired) electrons. The van der Waals surface area contributed by atoms with Gasteiger partial charge in [0.2, 0.25) is 0 Å². The number of thiol groups is 1. The molecule has 0 aromatic heterocycles. The summed E-state index contributed by atoms with van der Waals surface area (Å²) in [5.41, 5.74) is 0. The Balaban J connectivity index is 0. The molecule has 64 valence electrons. The van der Waals surface area contributed by atoms with Crippen LogP contribution in [0.1, 0.15) is 47.5 Å². The van der Waals surface area contributed by atoms with Crippen molar-refractivity contribution in [2.45, 2.75) is 52.7 Å². The Morgan fingerprint density at radius 3 is 1.40 bits per heavy atom. The van der Waals surface area contributed by atoms with Crippen molar-refractivity contribution >= 4 is 12.6 Å². The predicted molar refractivity (Wildman–Crippen MR) is 53.9 cm³/mol. The number of rotatable bonds is 2. The minimum atomic E-state index is 0.560. The first kappa shape index (κ1) is 13.0. The highest BCUT2D eigenvalue weighted by molar-refractivity contribution is 7.80. The van der Waals surface area contributed by atoms with Crippen molar-refractivity contribution < 1.29 is 0 Å². The first-order valence-electron chi connectivity index (χ1n) is 4.28. The maximum absolute atomic E-state index is 4.27. The SMILES string of the molecule is CCC.CCC(C)C(C)S. The molecule has 0 aliphatic rings. The van der Waals surface area contributed by atoms with E-state index >= 15 is 0 Å². The monoisotopic (exact) mass is 162 g/mol. The Morgan fingerprint density at radius 1 is 1.10 bits per heavy atom. The summed E-state index contributed by atoms with van der Waals surface area (Å²) in [7, 11) is 0. The van der Waals surface area contributed by atoms with Gasteiger partial charge in [-0.15, -0.1) is 0 Å². The van der Waals surface area contributed by atoms with Gasteiger partial charge in [0.05, 0.1) is 0 Å². The van der Waals surface area contributed by atoms with Gasteiger partial charge in [-0.3, -0.25) is 0 Å². The van der Waals surface area contributed by atoms with Crippen LogP contribution in [0.15, 0.2) is 0 Å². The lowest BCUT2D eigenvalue weighted by atomic mass is 10.1. The molecule has 0 bridgehead atoms. The second-order valence-electron chi connectivity index (χ2n) is 2.83. The molecule has 0 spiro atoms. The summed E-state index contributed by atoms with van der Waals surface area (Å²) >= 11 is 4.27. The first-order chi connectivity index (χ1) is 4.59. The standard InChI is InChI=1S/C6H14S.C3H8/c1-4-5(2)6(3)7;1-3-2/h5-7H,4H2,1-3H3;3H2,1-2H3. The van der Waals surface area contributed by atoms with Gasteiger partial charge in [-0.25, -0.2) is 0 Å². The van der Waals surface area contributed by atoms with Gasteiger partial charge in [0.15, 0.2) is 0 Å². The summed E-state index contributed by atoms with van der Waals surface area (Å²) in [5.74, 6) is 0.767. The second kappa shape index (κ2) is 9.35. The van der Waals surface area contributed by atoms with Crippen LogP contribution in [0.2, 0.25) is 0 Å². The van der Waals surface area contributed by atoms with Gasteiger partial charge < -0.3 is 0 Å². The van der Waals surface area contributed by atoms with Crippen LogP contribution in [0.25, 0.3) is 0 Å². The third kappa shape index (κ3) is 11.2. The van der Waals surface area contributed by atoms with Gasteiger partial charge in [0.1, 0.15) is 0 Å². The maximum Gasteiger partial charge on any atom is 0.00140 e. The second-order valence-corrected chi connectivity index (χ2v) is 3.65. The Morgan fingerprint density at radius 2 is 1.40 bits per heavy atom. The zero-order valence-electron chi connectivity index (χ0n) is 8.02. The molecule has 0 nitrogen and oxygen atoms in total. The molecule has 0 saturated carbocycles. The molecule has 0 N–H and O–H groups in total. The normalized spacial score (nSPS) is 15.0. The smallest absolute Gasteiger partial charge is 0.00140 e. The number of hydrogen-bond donors (Lipinski definition) is 1. The van der Waals surface area contributed by atoms with Crippen molar-refractivity contribution in [2.24, 2.45) is 5.92 Å². The molecule has 0 rings (SSSR count). The van der Waals surface area contributed by atoms with E-state index in [1.165, 1.54) is 12.8 Å². The average Bonchev–Trinajstić information content (AvgIpc) is 1.88. The lowest BCUT2D eigenvalue weighted by molar-refractivity contribution is 0.560. The van der Waals surface area contributed by atoms with Gasteiger partial charge in [-0.05, 0) is 5.92 Å². The van der Waals surface area contributed by atoms with E-state index in [2.05, 4.69) is 47.2 Å². The first-order valence-corrected chi connectivity index (χ1v) is 4.79. The zero-order chi connectivity index (χ0) is 8.57. The van der Waals surface area contributed by atoms with Crippen molar-refractivity contribution in [1.29, 1.82) is 0 Å². The molecule has 0 heterocycles. The lowest BCUT2D eigenvalue weighted by Crippen LogP contribution is -2.04. The van der Waals surface area contributed by atoms with Gasteiger partial charge in [0, 0.05) is 5.25 Å². The van der Waals surface area contributed by atoms with Crippen LogP contribution < -0.4 is 0 Å². The van der Waals surface area contributed by atoms with E-state index < -0.39 is 0 Å². The van der Waals surface area contributed by atoms with Crippen LogP contribution in [0, 0.1) is 5.92 Å². The maximum atomic E-state index is 4.27. The van der Waals surface area contributed by atoms with Crippen molar-refractivity contribution in [2.75, 3.05) is 0 Å². The van der Waals surface area contributed by atoms with Crippen LogP contribution in [-0.4, -0.2) is 5.25 Å². The molecular weight excluding hydrogens is 140 g/mol. The van der Waals surface area contributed by atoms with Gasteiger partial charge >= 0.3 is 0 Å². The fourth-order valence-electron chi connectivity index (χ4n) is 0.341. The fourth-order valence-corrected chi connectivity index (χ4v) is 0.552.